The van der Waals surface area contributed by atoms with Crippen molar-refractivity contribution in [2.24, 2.45) is 0 Å². The Bertz CT molecular complexity index is 914. The molecule has 0 aromatic heterocycles. The molecule has 1 fully saturated rings. The van der Waals surface area contributed by atoms with Gasteiger partial charge in [-0.25, -0.2) is 0 Å². The molecule has 31 heavy (non-hydrogen) atoms. The summed E-state index contributed by atoms with van der Waals surface area (Å²) >= 11 is 5.77. The van der Waals surface area contributed by atoms with E-state index in [0.717, 1.165) is 42.0 Å². The monoisotopic (exact) mass is 433 g/mol. The van der Waals surface area contributed by atoms with Crippen LogP contribution >= 0.6 is 12.2 Å². The average molecular weight is 434 g/mol. The van der Waals surface area contributed by atoms with Gasteiger partial charge in [-0.15, -0.1) is 18.8 Å². The fraction of sp³-hybridized carbons (Fsp3) is 0.333. The summed E-state index contributed by atoms with van der Waals surface area (Å²) in [6.45, 7) is 8.41. The maximum Gasteiger partial charge on any atom is 0.109 e. The molecule has 4 heteroatoms. The highest BCUT2D eigenvalue weighted by Gasteiger charge is 2.22. The molecule has 2 aromatic carbocycles. The van der Waals surface area contributed by atoms with Crippen molar-refractivity contribution in [1.82, 2.24) is 4.90 Å². The number of aryl methyl sites for hydroxylation is 1. The van der Waals surface area contributed by atoms with Crippen molar-refractivity contribution in [2.75, 3.05) is 20.2 Å². The first-order valence-electron chi connectivity index (χ1n) is 10.1. The van der Waals surface area contributed by atoms with E-state index in [9.17, 15) is 0 Å². The average Bonchev–Trinajstić information content (AvgIpc) is 2.82. The van der Waals surface area contributed by atoms with Crippen LogP contribution in [0.4, 0.5) is 0 Å². The smallest absolute Gasteiger partial charge is 0.109 e. The number of thiocarbonyl (C=S) groups is 1. The number of carbonyl (C=O) groups excluding carboxylic acids is 1. The number of nitrogens with zero attached hydrogens (tertiary/aromatic N) is 1. The highest BCUT2D eigenvalue weighted by atomic mass is 32.1. The topological polar surface area (TPSA) is 29.5 Å². The Labute approximate surface area is 192 Å². The number of likely N-dealkylation sites (tertiary alicyclic amines) is 1. The van der Waals surface area contributed by atoms with Gasteiger partial charge in [0.1, 0.15) is 11.8 Å². The van der Waals surface area contributed by atoms with E-state index in [0.29, 0.717) is 12.5 Å². The van der Waals surface area contributed by atoms with E-state index in [1.54, 1.807) is 14.0 Å². The van der Waals surface area contributed by atoms with Crippen molar-refractivity contribution in [3.8, 4) is 24.7 Å². The molecule has 1 aliphatic rings. The minimum atomic E-state index is 0.590. The summed E-state index contributed by atoms with van der Waals surface area (Å²) in [7, 11) is 1.72. The van der Waals surface area contributed by atoms with E-state index in [-0.39, 0.29) is 0 Å². The number of carbonyl (C=O) groups is 1. The van der Waals surface area contributed by atoms with Gasteiger partial charge in [0, 0.05) is 31.3 Å². The van der Waals surface area contributed by atoms with Gasteiger partial charge in [-0.3, -0.25) is 0 Å². The van der Waals surface area contributed by atoms with Gasteiger partial charge in [-0.1, -0.05) is 42.4 Å². The molecule has 1 aliphatic heterocycles. The molecule has 1 heterocycles. The first-order chi connectivity index (χ1) is 15.0. The van der Waals surface area contributed by atoms with Crippen LogP contribution in [0.5, 0.6) is 0 Å². The molecule has 0 bridgehead atoms. The molecular weight excluding hydrogens is 402 g/mol. The zero-order valence-corrected chi connectivity index (χ0v) is 19.5. The summed E-state index contributed by atoms with van der Waals surface area (Å²) in [6.07, 6.45) is 12.3. The van der Waals surface area contributed by atoms with Crippen molar-refractivity contribution in [3.05, 3.63) is 70.3 Å². The Morgan fingerprint density at radius 3 is 2.23 bits per heavy atom. The van der Waals surface area contributed by atoms with Crippen LogP contribution in [-0.4, -0.2) is 36.9 Å². The second-order valence-electron chi connectivity index (χ2n) is 7.20. The third-order valence-electron chi connectivity index (χ3n) is 5.22. The number of benzene rings is 2. The van der Waals surface area contributed by atoms with Crippen LogP contribution in [0.15, 0.2) is 42.5 Å². The van der Waals surface area contributed by atoms with Crippen LogP contribution < -0.4 is 0 Å². The Hall–Kier alpha value is -2.92. The van der Waals surface area contributed by atoms with E-state index in [2.05, 4.69) is 60.4 Å². The minimum Gasteiger partial charge on any atom is -0.380 e. The quantitative estimate of drug-likeness (QED) is 0.494. The van der Waals surface area contributed by atoms with Gasteiger partial charge in [-0.05, 0) is 67.5 Å². The number of ether oxygens (including phenoxy) is 1. The summed E-state index contributed by atoms with van der Waals surface area (Å²) in [5.41, 5.74) is 5.91. The first-order valence-corrected chi connectivity index (χ1v) is 10.5. The molecule has 0 atom stereocenters. The lowest BCUT2D eigenvalue weighted by Crippen LogP contribution is -2.37. The van der Waals surface area contributed by atoms with Gasteiger partial charge < -0.3 is 14.4 Å². The molecule has 0 unspecified atom stereocenters. The summed E-state index contributed by atoms with van der Waals surface area (Å²) < 4.78 is 5.24. The van der Waals surface area contributed by atoms with Gasteiger partial charge in [0.2, 0.25) is 0 Å². The molecule has 3 nitrogen and oxygen atoms in total. The molecule has 0 spiro atoms. The van der Waals surface area contributed by atoms with Crippen LogP contribution in [0.3, 0.4) is 0 Å². The second kappa shape index (κ2) is 14.1. The second-order valence-corrected chi connectivity index (χ2v) is 7.58. The first kappa shape index (κ1) is 26.1. The van der Waals surface area contributed by atoms with Crippen LogP contribution in [-0.2, 0) is 16.1 Å². The molecule has 0 N–H and O–H groups in total. The van der Waals surface area contributed by atoms with Gasteiger partial charge in [0.05, 0.1) is 6.61 Å². The van der Waals surface area contributed by atoms with Crippen LogP contribution in [0.25, 0.3) is 0 Å². The van der Waals surface area contributed by atoms with E-state index in [1.165, 1.54) is 16.7 Å². The number of piperidine rings is 1. The van der Waals surface area contributed by atoms with E-state index in [1.807, 2.05) is 18.9 Å². The van der Waals surface area contributed by atoms with Gasteiger partial charge >= 0.3 is 0 Å². The molecule has 0 saturated carbocycles. The normalized spacial score (nSPS) is 12.9. The Balaban J connectivity index is 0.000000884. The zero-order chi connectivity index (χ0) is 23.2. The van der Waals surface area contributed by atoms with E-state index in [4.69, 9.17) is 28.2 Å². The van der Waals surface area contributed by atoms with Crippen LogP contribution in [0.2, 0.25) is 0 Å². The highest BCUT2D eigenvalue weighted by Crippen LogP contribution is 2.29. The summed E-state index contributed by atoms with van der Waals surface area (Å²) in [5.74, 6) is 5.52. The summed E-state index contributed by atoms with van der Waals surface area (Å²) in [4.78, 5) is 11.3. The van der Waals surface area contributed by atoms with Crippen molar-refractivity contribution < 1.29 is 9.53 Å². The number of terminal acetylenes is 2. The maximum absolute atomic E-state index is 8.00. The number of hydrogen-bond acceptors (Lipinski definition) is 3. The standard InChI is InChI=1S/C23H25NOS.C3H4.CH2O/c1-4-18-5-7-19(8-6-18)20-11-13-24(14-12-20)23(26)21-9-10-22(16-25-3)17(2)15-21;1-3-2;1-2/h1,5-10,15,20H,11-14,16H2,2-3H3;1H,2H3;1H2. The summed E-state index contributed by atoms with van der Waals surface area (Å²) in [5, 5.41) is 0. The lowest BCUT2D eigenvalue weighted by atomic mass is 9.89. The SMILES string of the molecule is C#CC.C#Cc1ccc(C2CCN(C(=S)c3ccc(COC)c(C)c3)CC2)cc1.C=O. The number of hydrogen-bond donors (Lipinski definition) is 0. The fourth-order valence-electron chi connectivity index (χ4n) is 3.60. The Morgan fingerprint density at radius 2 is 1.74 bits per heavy atom. The van der Waals surface area contributed by atoms with Crippen LogP contribution in [0, 0.1) is 31.6 Å². The highest BCUT2D eigenvalue weighted by molar-refractivity contribution is 7.80. The molecular formula is C27H31NO2S. The van der Waals surface area contributed by atoms with Crippen molar-refractivity contribution in [2.45, 2.75) is 39.2 Å². The van der Waals surface area contributed by atoms with Crippen molar-refractivity contribution in [1.29, 1.82) is 0 Å². The summed E-state index contributed by atoms with van der Waals surface area (Å²) in [6, 6.07) is 14.8. The lowest BCUT2D eigenvalue weighted by Gasteiger charge is -2.34. The predicted octanol–water partition coefficient (Wildman–Crippen LogP) is 5.13. The predicted molar refractivity (Wildman–Crippen MR) is 133 cm³/mol. The molecule has 0 aliphatic carbocycles. The van der Waals surface area contributed by atoms with E-state index >= 15 is 0 Å². The fourth-order valence-corrected chi connectivity index (χ4v) is 3.91. The Morgan fingerprint density at radius 1 is 1.16 bits per heavy atom. The number of methoxy groups -OCH3 is 1. The molecule has 2 aromatic rings. The van der Waals surface area contributed by atoms with Crippen LogP contribution in [0.1, 0.15) is 53.5 Å². The van der Waals surface area contributed by atoms with Gasteiger partial charge in [0.25, 0.3) is 0 Å². The zero-order valence-electron chi connectivity index (χ0n) is 18.7. The Kier molecular flexibility index (Phi) is 11.9. The minimum absolute atomic E-state index is 0.590. The molecule has 3 rings (SSSR count). The molecule has 1 saturated heterocycles. The molecule has 0 radical (unpaired) electrons. The van der Waals surface area contributed by atoms with Gasteiger partial charge in [0.15, 0.2) is 0 Å². The molecule has 0 amide bonds. The van der Waals surface area contributed by atoms with E-state index < -0.39 is 0 Å². The third-order valence-corrected chi connectivity index (χ3v) is 5.71. The largest absolute Gasteiger partial charge is 0.380 e. The maximum atomic E-state index is 8.00. The van der Waals surface area contributed by atoms with Crippen molar-refractivity contribution >= 4 is 24.0 Å². The third kappa shape index (κ3) is 7.68. The number of rotatable bonds is 4. The lowest BCUT2D eigenvalue weighted by molar-refractivity contribution is -0.0979. The molecule has 162 valence electrons. The van der Waals surface area contributed by atoms with Gasteiger partial charge in [-0.2, -0.15) is 0 Å². The van der Waals surface area contributed by atoms with Crippen molar-refractivity contribution in [3.63, 3.8) is 0 Å².